The molecule has 1 aromatic rings. The van der Waals surface area contributed by atoms with E-state index in [4.69, 9.17) is 4.74 Å². The quantitative estimate of drug-likeness (QED) is 0.750. The van der Waals surface area contributed by atoms with Crippen LogP contribution < -0.4 is 10.2 Å². The molecule has 1 aliphatic heterocycles. The van der Waals surface area contributed by atoms with Gasteiger partial charge >= 0.3 is 0 Å². The van der Waals surface area contributed by atoms with Crippen molar-refractivity contribution >= 4 is 23.6 Å². The Morgan fingerprint density at radius 2 is 2.00 bits per heavy atom. The number of rotatable bonds is 7. The smallest absolute Gasteiger partial charge is 0.233 e. The summed E-state index contributed by atoms with van der Waals surface area (Å²) in [6.07, 6.45) is 2.21. The number of ether oxygens (including phenoxy) is 1. The zero-order valence-corrected chi connectivity index (χ0v) is 15.5. The molecular formula is C16H27N5O2S. The summed E-state index contributed by atoms with van der Waals surface area (Å²) in [4.78, 5) is 14.4. The van der Waals surface area contributed by atoms with Gasteiger partial charge in [0.15, 0.2) is 5.16 Å². The molecule has 0 spiro atoms. The molecular weight excluding hydrogens is 326 g/mol. The molecule has 1 N–H and O–H groups in total. The largest absolute Gasteiger partial charge is 0.378 e. The van der Waals surface area contributed by atoms with Crippen LogP contribution in [-0.2, 0) is 16.1 Å². The van der Waals surface area contributed by atoms with Crippen LogP contribution in [0.25, 0.3) is 0 Å². The summed E-state index contributed by atoms with van der Waals surface area (Å²) in [6.45, 7) is 10.2. The van der Waals surface area contributed by atoms with E-state index in [1.165, 1.54) is 11.8 Å². The third kappa shape index (κ3) is 4.42. The Kier molecular flexibility index (Phi) is 5.65. The summed E-state index contributed by atoms with van der Waals surface area (Å²) in [5.74, 6) is 1.47. The maximum Gasteiger partial charge on any atom is 0.233 e. The highest BCUT2D eigenvalue weighted by Gasteiger charge is 2.28. The van der Waals surface area contributed by atoms with Gasteiger partial charge in [-0.1, -0.05) is 25.6 Å². The second-order valence-electron chi connectivity index (χ2n) is 6.93. The van der Waals surface area contributed by atoms with E-state index in [9.17, 15) is 4.79 Å². The molecule has 0 bridgehead atoms. The van der Waals surface area contributed by atoms with E-state index in [-0.39, 0.29) is 11.2 Å². The summed E-state index contributed by atoms with van der Waals surface area (Å²) >= 11 is 1.49. The molecule has 134 valence electrons. The van der Waals surface area contributed by atoms with E-state index in [1.807, 2.05) is 6.92 Å². The zero-order chi connectivity index (χ0) is 17.1. The van der Waals surface area contributed by atoms with Crippen molar-refractivity contribution in [1.82, 2.24) is 20.1 Å². The Bertz CT molecular complexity index is 567. The van der Waals surface area contributed by atoms with Crippen molar-refractivity contribution in [2.24, 2.45) is 5.92 Å². The van der Waals surface area contributed by atoms with Crippen LogP contribution >= 0.6 is 11.8 Å². The normalized spacial score (nSPS) is 19.6. The average molecular weight is 353 g/mol. The molecule has 8 heteroatoms. The number of hydrogen-bond donors (Lipinski definition) is 1. The molecule has 2 aliphatic rings. The maximum atomic E-state index is 12.2. The molecule has 1 saturated heterocycles. The van der Waals surface area contributed by atoms with E-state index in [2.05, 4.69) is 38.8 Å². The number of thioether (sulfide) groups is 1. The number of carbonyl (C=O) groups is 1. The van der Waals surface area contributed by atoms with Crippen LogP contribution in [0.15, 0.2) is 5.16 Å². The summed E-state index contributed by atoms with van der Waals surface area (Å²) in [5.41, 5.74) is 0. The molecule has 1 aromatic heterocycles. The lowest BCUT2D eigenvalue weighted by molar-refractivity contribution is -0.120. The third-order valence-corrected chi connectivity index (χ3v) is 5.19. The monoisotopic (exact) mass is 353 g/mol. The molecule has 0 radical (unpaired) electrons. The lowest BCUT2D eigenvalue weighted by atomic mass is 10.2. The number of nitrogens with one attached hydrogen (secondary N) is 1. The first-order valence-corrected chi connectivity index (χ1v) is 9.65. The average Bonchev–Trinajstić information content (AvgIpc) is 3.29. The van der Waals surface area contributed by atoms with Crippen molar-refractivity contribution in [2.75, 3.05) is 31.2 Å². The topological polar surface area (TPSA) is 72.3 Å². The van der Waals surface area contributed by atoms with Gasteiger partial charge in [-0.3, -0.25) is 9.36 Å². The SMILES string of the molecule is CC(C)Cn1c(S[C@@H](C)C(=O)NC2CC2)nnc1N1CCOCC1. The molecule has 1 amide bonds. The van der Waals surface area contributed by atoms with Crippen molar-refractivity contribution in [3.05, 3.63) is 0 Å². The zero-order valence-electron chi connectivity index (χ0n) is 14.7. The van der Waals surface area contributed by atoms with E-state index in [0.717, 1.165) is 56.8 Å². The van der Waals surface area contributed by atoms with Crippen molar-refractivity contribution in [3.63, 3.8) is 0 Å². The van der Waals surface area contributed by atoms with Gasteiger partial charge in [-0.15, -0.1) is 10.2 Å². The molecule has 0 unspecified atom stereocenters. The van der Waals surface area contributed by atoms with Gasteiger partial charge < -0.3 is 15.0 Å². The van der Waals surface area contributed by atoms with Crippen molar-refractivity contribution in [3.8, 4) is 0 Å². The van der Waals surface area contributed by atoms with E-state index >= 15 is 0 Å². The molecule has 24 heavy (non-hydrogen) atoms. The van der Waals surface area contributed by atoms with Gasteiger partial charge in [0, 0.05) is 25.7 Å². The second-order valence-corrected chi connectivity index (χ2v) is 8.24. The standard InChI is InChI=1S/C16H27N5O2S/c1-11(2)10-21-15(20-6-8-23-9-7-20)18-19-16(21)24-12(3)14(22)17-13-4-5-13/h11-13H,4-10H2,1-3H3,(H,17,22)/t12-/m0/s1. The van der Waals surface area contributed by atoms with Gasteiger partial charge in [-0.2, -0.15) is 0 Å². The summed E-state index contributed by atoms with van der Waals surface area (Å²) in [7, 11) is 0. The van der Waals surface area contributed by atoms with Gasteiger partial charge in [0.05, 0.1) is 18.5 Å². The minimum absolute atomic E-state index is 0.0921. The number of aromatic nitrogens is 3. The number of hydrogen-bond acceptors (Lipinski definition) is 6. The lowest BCUT2D eigenvalue weighted by Gasteiger charge is -2.28. The van der Waals surface area contributed by atoms with Crippen molar-refractivity contribution in [1.29, 1.82) is 0 Å². The second kappa shape index (κ2) is 7.74. The predicted octanol–water partition coefficient (Wildman–Crippen LogP) is 1.53. The van der Waals surface area contributed by atoms with Crippen LogP contribution in [0.4, 0.5) is 5.95 Å². The molecule has 0 aromatic carbocycles. The van der Waals surface area contributed by atoms with Crippen LogP contribution in [0.1, 0.15) is 33.6 Å². The minimum atomic E-state index is -0.168. The fourth-order valence-corrected chi connectivity index (χ4v) is 3.51. The Morgan fingerprint density at radius 1 is 1.29 bits per heavy atom. The van der Waals surface area contributed by atoms with Crippen LogP contribution in [0.3, 0.4) is 0 Å². The number of carbonyl (C=O) groups excluding carboxylic acids is 1. The predicted molar refractivity (Wildman–Crippen MR) is 94.4 cm³/mol. The molecule has 2 fully saturated rings. The van der Waals surface area contributed by atoms with Crippen LogP contribution in [0.2, 0.25) is 0 Å². The Labute approximate surface area is 147 Å². The lowest BCUT2D eigenvalue weighted by Crippen LogP contribution is -2.38. The van der Waals surface area contributed by atoms with E-state index < -0.39 is 0 Å². The number of nitrogens with zero attached hydrogens (tertiary/aromatic N) is 4. The Morgan fingerprint density at radius 3 is 2.62 bits per heavy atom. The molecule has 1 saturated carbocycles. The molecule has 7 nitrogen and oxygen atoms in total. The first kappa shape index (κ1) is 17.5. The highest BCUT2D eigenvalue weighted by Crippen LogP contribution is 2.28. The third-order valence-electron chi connectivity index (χ3n) is 4.11. The van der Waals surface area contributed by atoms with Crippen LogP contribution in [-0.4, -0.2) is 58.3 Å². The summed E-state index contributed by atoms with van der Waals surface area (Å²) < 4.78 is 7.58. The maximum absolute atomic E-state index is 12.2. The molecule has 1 atom stereocenters. The van der Waals surface area contributed by atoms with Gasteiger partial charge in [-0.05, 0) is 25.7 Å². The summed E-state index contributed by atoms with van der Waals surface area (Å²) in [5, 5.41) is 12.5. The van der Waals surface area contributed by atoms with Crippen molar-refractivity contribution < 1.29 is 9.53 Å². The first-order valence-electron chi connectivity index (χ1n) is 8.77. The fraction of sp³-hybridized carbons (Fsp3) is 0.812. The van der Waals surface area contributed by atoms with Gasteiger partial charge in [0.2, 0.25) is 11.9 Å². The van der Waals surface area contributed by atoms with E-state index in [0.29, 0.717) is 12.0 Å². The number of anilines is 1. The van der Waals surface area contributed by atoms with Gasteiger partial charge in [0.1, 0.15) is 0 Å². The van der Waals surface area contributed by atoms with Gasteiger partial charge in [0.25, 0.3) is 0 Å². The van der Waals surface area contributed by atoms with Crippen molar-refractivity contribution in [2.45, 2.75) is 56.6 Å². The Hall–Kier alpha value is -1.28. The highest BCUT2D eigenvalue weighted by molar-refractivity contribution is 8.00. The first-order chi connectivity index (χ1) is 11.5. The van der Waals surface area contributed by atoms with Gasteiger partial charge in [-0.25, -0.2) is 0 Å². The van der Waals surface area contributed by atoms with Crippen LogP contribution in [0, 0.1) is 5.92 Å². The highest BCUT2D eigenvalue weighted by atomic mass is 32.2. The fourth-order valence-electron chi connectivity index (χ4n) is 2.65. The van der Waals surface area contributed by atoms with Crippen LogP contribution in [0.5, 0.6) is 0 Å². The minimum Gasteiger partial charge on any atom is -0.378 e. The number of amides is 1. The summed E-state index contributed by atoms with van der Waals surface area (Å²) in [6, 6.07) is 0.387. The molecule has 2 heterocycles. The molecule has 1 aliphatic carbocycles. The molecule has 3 rings (SSSR count). The Balaban J connectivity index is 1.73. The number of morpholine rings is 1. The van der Waals surface area contributed by atoms with E-state index in [1.54, 1.807) is 0 Å².